The third-order valence-electron chi connectivity index (χ3n) is 5.47. The van der Waals surface area contributed by atoms with Gasteiger partial charge in [0.2, 0.25) is 15.9 Å². The van der Waals surface area contributed by atoms with E-state index in [0.29, 0.717) is 32.1 Å². The van der Waals surface area contributed by atoms with Crippen molar-refractivity contribution in [3.05, 3.63) is 65.7 Å². The van der Waals surface area contributed by atoms with Crippen molar-refractivity contribution in [2.75, 3.05) is 37.3 Å². The molecule has 1 heterocycles. The molecule has 0 spiro atoms. The molecule has 0 atom stereocenters. The highest BCUT2D eigenvalue weighted by atomic mass is 32.2. The molecule has 1 aliphatic rings. The van der Waals surface area contributed by atoms with Crippen LogP contribution in [0.5, 0.6) is 5.75 Å². The van der Waals surface area contributed by atoms with Crippen LogP contribution in [0.3, 0.4) is 0 Å². The molecule has 2 N–H and O–H groups in total. The predicted molar refractivity (Wildman–Crippen MR) is 126 cm³/mol. The van der Waals surface area contributed by atoms with Crippen molar-refractivity contribution in [1.29, 1.82) is 0 Å². The van der Waals surface area contributed by atoms with E-state index in [2.05, 4.69) is 22.2 Å². The van der Waals surface area contributed by atoms with Gasteiger partial charge in [-0.15, -0.1) is 0 Å². The maximum atomic E-state index is 12.5. The van der Waals surface area contributed by atoms with E-state index in [1.54, 1.807) is 30.3 Å². The molecule has 0 unspecified atom stereocenters. The summed E-state index contributed by atoms with van der Waals surface area (Å²) in [4.78, 5) is 12.5. The number of carbonyl (C=O) groups is 1. The Morgan fingerprint density at radius 3 is 2.34 bits per heavy atom. The molecular weight excluding hydrogens is 428 g/mol. The molecule has 0 saturated carbocycles. The molecule has 1 saturated heterocycles. The number of hydrogen-bond donors (Lipinski definition) is 2. The van der Waals surface area contributed by atoms with Crippen molar-refractivity contribution in [2.45, 2.75) is 25.2 Å². The van der Waals surface area contributed by atoms with Gasteiger partial charge in [-0.1, -0.05) is 24.3 Å². The Morgan fingerprint density at radius 1 is 1.09 bits per heavy atom. The number of anilines is 1. The zero-order chi connectivity index (χ0) is 23.0. The van der Waals surface area contributed by atoms with Gasteiger partial charge >= 0.3 is 0 Å². The van der Waals surface area contributed by atoms with E-state index in [1.807, 2.05) is 19.1 Å². The minimum Gasteiger partial charge on any atom is -0.494 e. The summed E-state index contributed by atoms with van der Waals surface area (Å²) in [6.45, 7) is 4.42. The molecule has 0 aromatic heterocycles. The van der Waals surface area contributed by atoms with Gasteiger partial charge in [0.05, 0.1) is 12.9 Å². The van der Waals surface area contributed by atoms with Crippen LogP contribution in [0.25, 0.3) is 6.08 Å². The van der Waals surface area contributed by atoms with Crippen molar-refractivity contribution >= 4 is 27.7 Å². The van der Waals surface area contributed by atoms with E-state index in [0.717, 1.165) is 30.4 Å². The third-order valence-corrected chi connectivity index (χ3v) is 6.08. The zero-order valence-corrected chi connectivity index (χ0v) is 19.3. The molecule has 32 heavy (non-hydrogen) atoms. The van der Waals surface area contributed by atoms with E-state index in [-0.39, 0.29) is 11.3 Å². The Kier molecular flexibility index (Phi) is 7.93. The first-order chi connectivity index (χ1) is 15.3. The number of nitrogens with one attached hydrogen (secondary N) is 2. The largest absolute Gasteiger partial charge is 0.494 e. The van der Waals surface area contributed by atoms with E-state index >= 15 is 0 Å². The minimum absolute atomic E-state index is 0.175. The highest BCUT2D eigenvalue weighted by Gasteiger charge is 2.34. The van der Waals surface area contributed by atoms with Gasteiger partial charge in [0.25, 0.3) is 0 Å². The van der Waals surface area contributed by atoms with Crippen LogP contribution in [0, 0.1) is 0 Å². The molecule has 0 aliphatic carbocycles. The molecule has 7 nitrogen and oxygen atoms in total. The normalized spacial score (nSPS) is 15.9. The quantitative estimate of drug-likeness (QED) is 0.562. The van der Waals surface area contributed by atoms with Crippen LogP contribution in [-0.4, -0.2) is 46.9 Å². The lowest BCUT2D eigenvalue weighted by molar-refractivity contribution is -0.116. The monoisotopic (exact) mass is 458 g/mol. The summed E-state index contributed by atoms with van der Waals surface area (Å²) in [5, 5.41) is 3.04. The summed E-state index contributed by atoms with van der Waals surface area (Å²) in [7, 11) is -3.32. The average Bonchev–Trinajstić information content (AvgIpc) is 2.77. The summed E-state index contributed by atoms with van der Waals surface area (Å²) in [5.74, 6) is 0.656. The van der Waals surface area contributed by atoms with Gasteiger partial charge in [-0.05, 0) is 61.2 Å². The molecular formula is C24H30N2O5S. The van der Waals surface area contributed by atoms with E-state index in [4.69, 9.17) is 9.47 Å². The van der Waals surface area contributed by atoms with Crippen molar-refractivity contribution in [1.82, 2.24) is 5.32 Å². The molecule has 2 aromatic rings. The molecule has 1 fully saturated rings. The Labute approximate surface area is 189 Å². The van der Waals surface area contributed by atoms with E-state index in [9.17, 15) is 13.2 Å². The summed E-state index contributed by atoms with van der Waals surface area (Å²) >= 11 is 0. The van der Waals surface area contributed by atoms with Gasteiger partial charge < -0.3 is 14.8 Å². The van der Waals surface area contributed by atoms with Crippen LogP contribution in [0.15, 0.2) is 54.6 Å². The molecule has 172 valence electrons. The van der Waals surface area contributed by atoms with Crippen LogP contribution in [-0.2, 0) is 25.0 Å². The Bertz CT molecular complexity index is 1030. The van der Waals surface area contributed by atoms with Crippen molar-refractivity contribution in [3.8, 4) is 5.75 Å². The zero-order valence-electron chi connectivity index (χ0n) is 18.5. The summed E-state index contributed by atoms with van der Waals surface area (Å²) in [6.07, 6.45) is 5.96. The fourth-order valence-corrected chi connectivity index (χ4v) is 4.33. The predicted octanol–water partition coefficient (Wildman–Crippen LogP) is 3.33. The van der Waals surface area contributed by atoms with Crippen molar-refractivity contribution in [2.24, 2.45) is 0 Å². The Morgan fingerprint density at radius 2 is 1.75 bits per heavy atom. The second-order valence-corrected chi connectivity index (χ2v) is 9.65. The molecule has 0 bridgehead atoms. The lowest BCUT2D eigenvalue weighted by atomic mass is 9.74. The highest BCUT2D eigenvalue weighted by molar-refractivity contribution is 7.92. The minimum atomic E-state index is -3.32. The first-order valence-electron chi connectivity index (χ1n) is 10.6. The highest BCUT2D eigenvalue weighted by Crippen LogP contribution is 2.35. The van der Waals surface area contributed by atoms with Gasteiger partial charge in [-0.2, -0.15) is 0 Å². The third kappa shape index (κ3) is 6.83. The van der Waals surface area contributed by atoms with Crippen molar-refractivity contribution < 1.29 is 22.7 Å². The fraction of sp³-hybridized carbons (Fsp3) is 0.375. The Balaban J connectivity index is 1.62. The second kappa shape index (κ2) is 10.7. The van der Waals surface area contributed by atoms with E-state index < -0.39 is 10.0 Å². The molecule has 1 amide bonds. The summed E-state index contributed by atoms with van der Waals surface area (Å²) in [5.41, 5.74) is 2.27. The number of benzene rings is 2. The molecule has 8 heteroatoms. The molecule has 2 aromatic carbocycles. The summed E-state index contributed by atoms with van der Waals surface area (Å²) < 4.78 is 36.1. The van der Waals surface area contributed by atoms with Gasteiger partial charge in [-0.3, -0.25) is 9.52 Å². The number of carbonyl (C=O) groups excluding carboxylic acids is 1. The van der Waals surface area contributed by atoms with Gasteiger partial charge in [0.1, 0.15) is 5.75 Å². The van der Waals surface area contributed by atoms with Crippen LogP contribution in [0.1, 0.15) is 30.9 Å². The Hall–Kier alpha value is -2.84. The standard InChI is InChI=1S/C24H30N2O5S/c1-3-31-22-11-7-20(8-12-22)24(14-16-30-17-15-24)18-25-23(27)13-6-19-4-9-21(10-5-19)26-32(2,28)29/h4-13,26H,3,14-18H2,1-2H3,(H,25,27)/b13-6+. The molecule has 1 aliphatic heterocycles. The van der Waals surface area contributed by atoms with Crippen molar-refractivity contribution in [3.63, 3.8) is 0 Å². The molecule has 0 radical (unpaired) electrons. The topological polar surface area (TPSA) is 93.7 Å². The van der Waals surface area contributed by atoms with E-state index in [1.165, 1.54) is 11.6 Å². The fourth-order valence-electron chi connectivity index (χ4n) is 3.76. The maximum absolute atomic E-state index is 12.5. The van der Waals surface area contributed by atoms with Crippen LogP contribution in [0.2, 0.25) is 0 Å². The lowest BCUT2D eigenvalue weighted by Gasteiger charge is -2.38. The number of amides is 1. The van der Waals surface area contributed by atoms with Crippen LogP contribution < -0.4 is 14.8 Å². The average molecular weight is 459 g/mol. The van der Waals surface area contributed by atoms with Crippen LogP contribution in [0.4, 0.5) is 5.69 Å². The molecule has 3 rings (SSSR count). The SMILES string of the molecule is CCOc1ccc(C2(CNC(=O)/C=C/c3ccc(NS(C)(=O)=O)cc3)CCOCC2)cc1. The lowest BCUT2D eigenvalue weighted by Crippen LogP contribution is -2.44. The van der Waals surface area contributed by atoms with Gasteiger partial charge in [0.15, 0.2) is 0 Å². The second-order valence-electron chi connectivity index (χ2n) is 7.90. The van der Waals surface area contributed by atoms with Gasteiger partial charge in [0, 0.05) is 36.9 Å². The number of sulfonamides is 1. The number of hydrogen-bond acceptors (Lipinski definition) is 5. The smallest absolute Gasteiger partial charge is 0.244 e. The first-order valence-corrected chi connectivity index (χ1v) is 12.5. The van der Waals surface area contributed by atoms with Gasteiger partial charge in [-0.25, -0.2) is 8.42 Å². The number of ether oxygens (including phenoxy) is 2. The maximum Gasteiger partial charge on any atom is 0.244 e. The first kappa shape index (κ1) is 23.8. The summed E-state index contributed by atoms with van der Waals surface area (Å²) in [6, 6.07) is 14.9. The number of rotatable bonds is 9. The van der Waals surface area contributed by atoms with Crippen LogP contribution >= 0.6 is 0 Å².